The number of anilines is 2. The SMILES string of the molecule is CC1N=C(C(=O)Nc2cccc(CN3CCCCC3)c2)NN(c2ccccc2)C1=O. The van der Waals surface area contributed by atoms with Crippen LogP contribution in [-0.4, -0.2) is 41.7 Å². The van der Waals surface area contributed by atoms with Crippen LogP contribution in [0.4, 0.5) is 11.4 Å². The monoisotopic (exact) mass is 405 g/mol. The van der Waals surface area contributed by atoms with E-state index >= 15 is 0 Å². The van der Waals surface area contributed by atoms with Gasteiger partial charge in [0.05, 0.1) is 5.69 Å². The Bertz CT molecular complexity index is 938. The number of amidine groups is 1. The number of amides is 2. The molecule has 2 aliphatic heterocycles. The van der Waals surface area contributed by atoms with Gasteiger partial charge in [-0.3, -0.25) is 19.9 Å². The Kier molecular flexibility index (Phi) is 6.09. The number of hydrogen-bond donors (Lipinski definition) is 2. The van der Waals surface area contributed by atoms with Crippen molar-refractivity contribution < 1.29 is 9.59 Å². The van der Waals surface area contributed by atoms with Crippen LogP contribution in [0.2, 0.25) is 0 Å². The predicted octanol–water partition coefficient (Wildman–Crippen LogP) is 2.95. The number of aliphatic imine (C=N–C) groups is 1. The lowest BCUT2D eigenvalue weighted by Crippen LogP contribution is -2.57. The van der Waals surface area contributed by atoms with E-state index in [2.05, 4.69) is 26.7 Å². The van der Waals surface area contributed by atoms with E-state index in [-0.39, 0.29) is 17.6 Å². The Labute approximate surface area is 176 Å². The summed E-state index contributed by atoms with van der Waals surface area (Å²) in [6, 6.07) is 16.4. The minimum Gasteiger partial charge on any atom is -0.319 e. The molecule has 2 aromatic carbocycles. The number of benzene rings is 2. The first kappa shape index (κ1) is 20.1. The Morgan fingerprint density at radius 2 is 1.87 bits per heavy atom. The zero-order valence-electron chi connectivity index (χ0n) is 17.2. The number of piperidine rings is 1. The van der Waals surface area contributed by atoms with Crippen molar-refractivity contribution in [3.63, 3.8) is 0 Å². The van der Waals surface area contributed by atoms with Crippen molar-refractivity contribution in [3.05, 3.63) is 60.2 Å². The molecule has 2 aromatic rings. The zero-order chi connectivity index (χ0) is 20.9. The molecule has 30 heavy (non-hydrogen) atoms. The third kappa shape index (κ3) is 4.68. The second-order valence-corrected chi connectivity index (χ2v) is 7.77. The average Bonchev–Trinajstić information content (AvgIpc) is 2.77. The van der Waals surface area contributed by atoms with Crippen LogP contribution in [0.3, 0.4) is 0 Å². The average molecular weight is 406 g/mol. The highest BCUT2D eigenvalue weighted by atomic mass is 16.2. The number of para-hydroxylation sites is 1. The van der Waals surface area contributed by atoms with Gasteiger partial charge in [-0.25, -0.2) is 10.0 Å². The molecule has 1 atom stereocenters. The molecule has 2 heterocycles. The Balaban J connectivity index is 1.45. The highest BCUT2D eigenvalue weighted by Gasteiger charge is 2.30. The molecular formula is C23H27N5O2. The number of likely N-dealkylation sites (tertiary alicyclic amines) is 1. The smallest absolute Gasteiger partial charge is 0.292 e. The highest BCUT2D eigenvalue weighted by molar-refractivity contribution is 6.43. The molecular weight excluding hydrogens is 378 g/mol. The number of rotatable bonds is 5. The van der Waals surface area contributed by atoms with Gasteiger partial charge in [0, 0.05) is 12.2 Å². The minimum atomic E-state index is -0.641. The van der Waals surface area contributed by atoms with E-state index in [4.69, 9.17) is 0 Å². The molecule has 2 amide bonds. The third-order valence-electron chi connectivity index (χ3n) is 5.39. The van der Waals surface area contributed by atoms with E-state index in [1.54, 1.807) is 6.92 Å². The van der Waals surface area contributed by atoms with Crippen LogP contribution in [-0.2, 0) is 16.1 Å². The molecule has 7 heteroatoms. The third-order valence-corrected chi connectivity index (χ3v) is 5.39. The number of nitrogens with one attached hydrogen (secondary N) is 2. The first-order chi connectivity index (χ1) is 14.6. The van der Waals surface area contributed by atoms with Crippen molar-refractivity contribution in [1.29, 1.82) is 0 Å². The Hall–Kier alpha value is -3.19. The van der Waals surface area contributed by atoms with Gasteiger partial charge in [-0.2, -0.15) is 0 Å². The second kappa shape index (κ2) is 9.09. The van der Waals surface area contributed by atoms with E-state index in [1.807, 2.05) is 48.5 Å². The minimum absolute atomic E-state index is 0.118. The van der Waals surface area contributed by atoms with E-state index in [9.17, 15) is 9.59 Å². The number of carbonyl (C=O) groups is 2. The van der Waals surface area contributed by atoms with Crippen molar-refractivity contribution in [2.24, 2.45) is 4.99 Å². The molecule has 0 aliphatic carbocycles. The van der Waals surface area contributed by atoms with E-state index < -0.39 is 6.04 Å². The van der Waals surface area contributed by atoms with Crippen molar-refractivity contribution >= 4 is 29.0 Å². The molecule has 2 N–H and O–H groups in total. The normalized spacial score (nSPS) is 19.8. The second-order valence-electron chi connectivity index (χ2n) is 7.77. The van der Waals surface area contributed by atoms with Crippen molar-refractivity contribution in [3.8, 4) is 0 Å². The fourth-order valence-electron chi connectivity index (χ4n) is 3.82. The summed E-state index contributed by atoms with van der Waals surface area (Å²) in [6.45, 7) is 4.82. The molecule has 1 unspecified atom stereocenters. The summed E-state index contributed by atoms with van der Waals surface area (Å²) in [5, 5.41) is 4.28. The molecule has 0 bridgehead atoms. The fourth-order valence-corrected chi connectivity index (χ4v) is 3.82. The molecule has 0 aromatic heterocycles. The van der Waals surface area contributed by atoms with Crippen molar-refractivity contribution in [1.82, 2.24) is 10.3 Å². The molecule has 0 spiro atoms. The molecule has 0 radical (unpaired) electrons. The lowest BCUT2D eigenvalue weighted by molar-refractivity contribution is -0.120. The van der Waals surface area contributed by atoms with Gasteiger partial charge in [0.15, 0.2) is 0 Å². The molecule has 0 saturated carbocycles. The van der Waals surface area contributed by atoms with Crippen molar-refractivity contribution in [2.75, 3.05) is 23.4 Å². The summed E-state index contributed by atoms with van der Waals surface area (Å²) in [6.07, 6.45) is 3.80. The standard InChI is InChI=1S/C23H27N5O2/c1-17-23(30)28(20-11-4-2-5-12-20)26-21(24-17)22(29)25-19-10-8-9-18(15-19)16-27-13-6-3-7-14-27/h2,4-5,8-12,15,17H,3,6-7,13-14,16H2,1H3,(H,24,26)(H,25,29). The van der Waals surface area contributed by atoms with Crippen LogP contribution in [0.5, 0.6) is 0 Å². The first-order valence-electron chi connectivity index (χ1n) is 10.5. The van der Waals surface area contributed by atoms with Crippen molar-refractivity contribution in [2.45, 2.75) is 38.8 Å². The number of hydrogen-bond acceptors (Lipinski definition) is 5. The largest absolute Gasteiger partial charge is 0.319 e. The van der Waals surface area contributed by atoms with Crippen LogP contribution in [0.25, 0.3) is 0 Å². The number of hydrazine groups is 1. The summed E-state index contributed by atoms with van der Waals surface area (Å²) in [7, 11) is 0. The van der Waals surface area contributed by atoms with E-state index in [0.29, 0.717) is 5.69 Å². The number of carbonyl (C=O) groups excluding carboxylic acids is 2. The van der Waals surface area contributed by atoms with Crippen LogP contribution in [0, 0.1) is 0 Å². The van der Waals surface area contributed by atoms with E-state index in [0.717, 1.165) is 25.3 Å². The number of nitrogens with zero attached hydrogens (tertiary/aromatic N) is 3. The summed E-state index contributed by atoms with van der Waals surface area (Å²) in [5.41, 5.74) is 5.42. The summed E-state index contributed by atoms with van der Waals surface area (Å²) in [4.78, 5) is 32.0. The van der Waals surface area contributed by atoms with Gasteiger partial charge in [-0.05, 0) is 62.7 Å². The fraction of sp³-hybridized carbons (Fsp3) is 0.348. The molecule has 7 nitrogen and oxygen atoms in total. The molecule has 1 fully saturated rings. The predicted molar refractivity (Wildman–Crippen MR) is 118 cm³/mol. The van der Waals surface area contributed by atoms with Gasteiger partial charge in [0.2, 0.25) is 5.84 Å². The Morgan fingerprint density at radius 1 is 1.10 bits per heavy atom. The molecule has 4 rings (SSSR count). The van der Waals surface area contributed by atoms with E-state index in [1.165, 1.54) is 29.8 Å². The lowest BCUT2D eigenvalue weighted by atomic mass is 10.1. The summed E-state index contributed by atoms with van der Waals surface area (Å²) < 4.78 is 0. The summed E-state index contributed by atoms with van der Waals surface area (Å²) in [5.74, 6) is -0.459. The van der Waals surface area contributed by atoms with Crippen LogP contribution >= 0.6 is 0 Å². The van der Waals surface area contributed by atoms with Gasteiger partial charge in [0.1, 0.15) is 6.04 Å². The van der Waals surface area contributed by atoms with Gasteiger partial charge in [-0.15, -0.1) is 0 Å². The van der Waals surface area contributed by atoms with Crippen LogP contribution < -0.4 is 15.8 Å². The maximum absolute atomic E-state index is 12.8. The highest BCUT2D eigenvalue weighted by Crippen LogP contribution is 2.18. The Morgan fingerprint density at radius 3 is 2.63 bits per heavy atom. The van der Waals surface area contributed by atoms with Gasteiger partial charge < -0.3 is 5.32 Å². The van der Waals surface area contributed by atoms with Crippen LogP contribution in [0.15, 0.2) is 59.6 Å². The summed E-state index contributed by atoms with van der Waals surface area (Å²) >= 11 is 0. The first-order valence-corrected chi connectivity index (χ1v) is 10.5. The zero-order valence-corrected chi connectivity index (χ0v) is 17.2. The van der Waals surface area contributed by atoms with Gasteiger partial charge in [0.25, 0.3) is 11.8 Å². The molecule has 2 aliphatic rings. The topological polar surface area (TPSA) is 77.0 Å². The van der Waals surface area contributed by atoms with Gasteiger partial charge >= 0.3 is 0 Å². The quantitative estimate of drug-likeness (QED) is 0.802. The van der Waals surface area contributed by atoms with Crippen LogP contribution in [0.1, 0.15) is 31.7 Å². The van der Waals surface area contributed by atoms with Gasteiger partial charge in [-0.1, -0.05) is 36.8 Å². The molecule has 156 valence electrons. The maximum Gasteiger partial charge on any atom is 0.292 e. The molecule has 1 saturated heterocycles. The maximum atomic E-state index is 12.8. The lowest BCUT2D eigenvalue weighted by Gasteiger charge is -2.30.